The van der Waals surface area contributed by atoms with Crippen molar-refractivity contribution < 1.29 is 24.2 Å². The molecule has 9 heteroatoms. The molecule has 0 aliphatic carbocycles. The second kappa shape index (κ2) is 12.6. The number of hydrogen-bond donors (Lipinski definition) is 3. The lowest BCUT2D eigenvalue weighted by atomic mass is 9.99. The molecule has 4 amide bonds. The molecule has 9 nitrogen and oxygen atoms in total. The van der Waals surface area contributed by atoms with Crippen LogP contribution in [-0.4, -0.2) is 77.7 Å². The van der Waals surface area contributed by atoms with Gasteiger partial charge in [-0.1, -0.05) is 37.3 Å². The van der Waals surface area contributed by atoms with Crippen LogP contribution < -0.4 is 15.4 Å². The van der Waals surface area contributed by atoms with Crippen molar-refractivity contribution in [1.82, 2.24) is 15.1 Å². The molecule has 0 saturated heterocycles. The average molecular weight is 511 g/mol. The van der Waals surface area contributed by atoms with Gasteiger partial charge in [0.15, 0.2) is 0 Å². The maximum Gasteiger partial charge on any atom is 0.317 e. The van der Waals surface area contributed by atoms with Crippen LogP contribution in [-0.2, 0) is 11.2 Å². The number of aliphatic hydroxyl groups is 1. The Hall–Kier alpha value is -3.59. The zero-order valence-electron chi connectivity index (χ0n) is 22.2. The van der Waals surface area contributed by atoms with E-state index in [0.29, 0.717) is 30.1 Å². The molecule has 1 aliphatic heterocycles. The van der Waals surface area contributed by atoms with Crippen molar-refractivity contribution in [3.63, 3.8) is 0 Å². The molecule has 0 radical (unpaired) electrons. The monoisotopic (exact) mass is 510 g/mol. The van der Waals surface area contributed by atoms with E-state index in [4.69, 9.17) is 4.74 Å². The molecule has 0 fully saturated rings. The Balaban J connectivity index is 1.87. The highest BCUT2D eigenvalue weighted by molar-refractivity contribution is 6.00. The molecule has 200 valence electrons. The zero-order valence-corrected chi connectivity index (χ0v) is 22.2. The van der Waals surface area contributed by atoms with Crippen molar-refractivity contribution in [2.24, 2.45) is 5.92 Å². The molecular weight excluding hydrogens is 472 g/mol. The van der Waals surface area contributed by atoms with E-state index in [1.807, 2.05) is 51.1 Å². The lowest BCUT2D eigenvalue weighted by molar-refractivity contribution is -0.115. The van der Waals surface area contributed by atoms with Crippen LogP contribution in [0.4, 0.5) is 10.5 Å². The predicted octanol–water partition coefficient (Wildman–Crippen LogP) is 3.14. The van der Waals surface area contributed by atoms with Crippen LogP contribution >= 0.6 is 0 Å². The molecule has 2 aromatic rings. The van der Waals surface area contributed by atoms with Crippen molar-refractivity contribution in [3.05, 3.63) is 59.7 Å². The molecule has 1 aliphatic rings. The van der Waals surface area contributed by atoms with Crippen LogP contribution in [0.15, 0.2) is 48.5 Å². The van der Waals surface area contributed by atoms with E-state index in [1.54, 1.807) is 42.0 Å². The van der Waals surface area contributed by atoms with Crippen LogP contribution in [0.5, 0.6) is 5.75 Å². The van der Waals surface area contributed by atoms with Crippen LogP contribution in [0, 0.1) is 5.92 Å². The summed E-state index contributed by atoms with van der Waals surface area (Å²) in [6.45, 7) is 8.00. The van der Waals surface area contributed by atoms with Gasteiger partial charge in [-0.2, -0.15) is 0 Å². The lowest BCUT2D eigenvalue weighted by Gasteiger charge is -2.38. The van der Waals surface area contributed by atoms with Gasteiger partial charge < -0.3 is 30.3 Å². The third-order valence-electron chi connectivity index (χ3n) is 6.37. The highest BCUT2D eigenvalue weighted by atomic mass is 16.5. The third kappa shape index (κ3) is 7.45. The summed E-state index contributed by atoms with van der Waals surface area (Å²) in [5.74, 6) is -0.233. The third-order valence-corrected chi connectivity index (χ3v) is 6.37. The van der Waals surface area contributed by atoms with Gasteiger partial charge in [-0.05, 0) is 44.5 Å². The van der Waals surface area contributed by atoms with E-state index >= 15 is 0 Å². The summed E-state index contributed by atoms with van der Waals surface area (Å²) < 4.78 is 6.32. The summed E-state index contributed by atoms with van der Waals surface area (Å²) in [5.41, 5.74) is 1.66. The molecule has 2 aromatic carbocycles. The largest absolute Gasteiger partial charge is 0.487 e. The molecule has 0 spiro atoms. The van der Waals surface area contributed by atoms with Gasteiger partial charge in [0.05, 0.1) is 31.2 Å². The number of carbonyl (C=O) groups is 3. The molecular formula is C28H38N4O5. The van der Waals surface area contributed by atoms with Gasteiger partial charge in [-0.15, -0.1) is 0 Å². The smallest absolute Gasteiger partial charge is 0.317 e. The summed E-state index contributed by atoms with van der Waals surface area (Å²) >= 11 is 0. The molecule has 0 saturated carbocycles. The van der Waals surface area contributed by atoms with Gasteiger partial charge >= 0.3 is 6.03 Å². The number of anilines is 1. The Kier molecular flexibility index (Phi) is 9.52. The summed E-state index contributed by atoms with van der Waals surface area (Å²) in [6.07, 6.45) is -0.192. The summed E-state index contributed by atoms with van der Waals surface area (Å²) in [6, 6.07) is 13.8. The molecule has 3 N–H and O–H groups in total. The SMILES string of the molecule is CC(C)NC(=O)N(C)C[C@@H]1Oc2ccc(NC(=O)Cc3ccccc3)cc2C(=O)N([C@H](C)CO)C[C@H]1C. The second-order valence-corrected chi connectivity index (χ2v) is 10.0. The van der Waals surface area contributed by atoms with Crippen molar-refractivity contribution in [2.45, 2.75) is 52.3 Å². The van der Waals surface area contributed by atoms with E-state index in [-0.39, 0.29) is 42.8 Å². The quantitative estimate of drug-likeness (QED) is 0.505. The fraction of sp³-hybridized carbons (Fsp3) is 0.464. The molecule has 1 heterocycles. The van der Waals surface area contributed by atoms with Gasteiger partial charge in [0.2, 0.25) is 5.91 Å². The first kappa shape index (κ1) is 28.0. The van der Waals surface area contributed by atoms with Crippen molar-refractivity contribution >= 4 is 23.5 Å². The van der Waals surface area contributed by atoms with Crippen molar-refractivity contribution in [3.8, 4) is 5.75 Å². The predicted molar refractivity (Wildman–Crippen MR) is 143 cm³/mol. The van der Waals surface area contributed by atoms with Crippen molar-refractivity contribution in [2.75, 3.05) is 32.1 Å². The molecule has 3 rings (SSSR count). The normalized spacial score (nSPS) is 18.2. The number of likely N-dealkylation sites (N-methyl/N-ethyl adjacent to an activating group) is 1. The Bertz CT molecular complexity index is 1090. The zero-order chi connectivity index (χ0) is 27.1. The second-order valence-electron chi connectivity index (χ2n) is 10.0. The van der Waals surface area contributed by atoms with Crippen LogP contribution in [0.2, 0.25) is 0 Å². The summed E-state index contributed by atoms with van der Waals surface area (Å²) in [4.78, 5) is 41.9. The lowest BCUT2D eigenvalue weighted by Crippen LogP contribution is -2.51. The number of hydrogen-bond acceptors (Lipinski definition) is 5. The van der Waals surface area contributed by atoms with Crippen LogP contribution in [0.25, 0.3) is 0 Å². The standard InChI is InChI=1S/C28H38N4O5/c1-18(2)29-28(36)31(5)16-25-19(3)15-32(20(4)17-33)27(35)23-14-22(11-12-24(23)37-25)30-26(34)13-21-9-7-6-8-10-21/h6-12,14,18-20,25,33H,13,15-17H2,1-5H3,(H,29,36)(H,30,34)/t19-,20-,25+/m1/s1. The van der Waals surface area contributed by atoms with Crippen LogP contribution in [0.1, 0.15) is 43.6 Å². The first-order valence-corrected chi connectivity index (χ1v) is 12.7. The molecule has 0 unspecified atom stereocenters. The fourth-order valence-corrected chi connectivity index (χ4v) is 4.21. The van der Waals surface area contributed by atoms with Gasteiger partial charge in [0.25, 0.3) is 5.91 Å². The van der Waals surface area contributed by atoms with Crippen LogP contribution in [0.3, 0.4) is 0 Å². The molecule has 0 aromatic heterocycles. The van der Waals surface area contributed by atoms with Gasteiger partial charge in [-0.3, -0.25) is 9.59 Å². The summed E-state index contributed by atoms with van der Waals surface area (Å²) in [7, 11) is 1.71. The van der Waals surface area contributed by atoms with Gasteiger partial charge in [0, 0.05) is 31.2 Å². The minimum atomic E-state index is -0.417. The van der Waals surface area contributed by atoms with Gasteiger partial charge in [0.1, 0.15) is 11.9 Å². The number of carbonyl (C=O) groups excluding carboxylic acids is 3. The van der Waals surface area contributed by atoms with Crippen molar-refractivity contribution in [1.29, 1.82) is 0 Å². The minimum Gasteiger partial charge on any atom is -0.487 e. The van der Waals surface area contributed by atoms with E-state index in [1.165, 1.54) is 0 Å². The maximum atomic E-state index is 13.6. The Morgan fingerprint density at radius 2 is 1.86 bits per heavy atom. The number of benzene rings is 2. The Labute approximate surface area is 218 Å². The number of rotatable bonds is 8. The number of ether oxygens (including phenoxy) is 1. The van der Waals surface area contributed by atoms with E-state index in [2.05, 4.69) is 10.6 Å². The Morgan fingerprint density at radius 1 is 1.16 bits per heavy atom. The van der Waals surface area contributed by atoms with Gasteiger partial charge in [-0.25, -0.2) is 4.79 Å². The Morgan fingerprint density at radius 3 is 2.51 bits per heavy atom. The van der Waals surface area contributed by atoms with E-state index < -0.39 is 12.1 Å². The topological polar surface area (TPSA) is 111 Å². The minimum absolute atomic E-state index is 0.000362. The number of aliphatic hydroxyl groups excluding tert-OH is 1. The number of nitrogens with zero attached hydrogens (tertiary/aromatic N) is 2. The molecule has 0 bridgehead atoms. The number of fused-ring (bicyclic) bond motifs is 1. The fourth-order valence-electron chi connectivity index (χ4n) is 4.21. The highest BCUT2D eigenvalue weighted by Gasteiger charge is 2.34. The number of amides is 4. The van der Waals surface area contributed by atoms with E-state index in [9.17, 15) is 19.5 Å². The maximum absolute atomic E-state index is 13.6. The first-order chi connectivity index (χ1) is 17.6. The highest BCUT2D eigenvalue weighted by Crippen LogP contribution is 2.30. The number of nitrogens with one attached hydrogen (secondary N) is 2. The average Bonchev–Trinajstić information content (AvgIpc) is 2.86. The summed E-state index contributed by atoms with van der Waals surface area (Å²) in [5, 5.41) is 15.6. The first-order valence-electron chi connectivity index (χ1n) is 12.7. The number of urea groups is 1. The van der Waals surface area contributed by atoms with E-state index in [0.717, 1.165) is 5.56 Å². The molecule has 3 atom stereocenters. The molecule has 37 heavy (non-hydrogen) atoms.